The molecule has 40 heavy (non-hydrogen) atoms. The fraction of sp³-hybridized carbons (Fsp3) is 0.257. The molecule has 0 fully saturated rings. The summed E-state index contributed by atoms with van der Waals surface area (Å²) < 4.78 is 10.8. The van der Waals surface area contributed by atoms with Gasteiger partial charge in [-0.05, 0) is 39.8 Å². The van der Waals surface area contributed by atoms with E-state index in [0.29, 0.717) is 19.4 Å². The van der Waals surface area contributed by atoms with Crippen LogP contribution in [0.15, 0.2) is 109 Å². The number of fused-ring (bicyclic) bond motifs is 3. The number of hydrogen-bond acceptors (Lipinski definition) is 5. The summed E-state index contributed by atoms with van der Waals surface area (Å²) in [6.07, 6.45) is 1.18. The van der Waals surface area contributed by atoms with Gasteiger partial charge in [-0.25, -0.2) is 0 Å². The number of carbonyl (C=O) groups is 2. The van der Waals surface area contributed by atoms with Crippen LogP contribution in [0.3, 0.4) is 0 Å². The van der Waals surface area contributed by atoms with Crippen molar-refractivity contribution in [1.82, 2.24) is 4.90 Å². The summed E-state index contributed by atoms with van der Waals surface area (Å²) in [5.74, 6) is -1.61. The van der Waals surface area contributed by atoms with Crippen LogP contribution in [0.1, 0.15) is 42.0 Å². The summed E-state index contributed by atoms with van der Waals surface area (Å²) in [6, 6.07) is 36.2. The molecule has 0 saturated heterocycles. The molecular weight excluding hydrogens is 498 g/mol. The summed E-state index contributed by atoms with van der Waals surface area (Å²) in [6.45, 7) is 2.41. The second-order valence-corrected chi connectivity index (χ2v) is 10.2. The third-order valence-electron chi connectivity index (χ3n) is 8.01. The quantitative estimate of drug-likeness (QED) is 0.215. The van der Waals surface area contributed by atoms with Crippen LogP contribution in [-0.2, 0) is 31.1 Å². The van der Waals surface area contributed by atoms with Crippen molar-refractivity contribution in [3.8, 4) is 11.1 Å². The van der Waals surface area contributed by atoms with Crippen molar-refractivity contribution >= 4 is 11.9 Å². The molecule has 5 heteroatoms. The van der Waals surface area contributed by atoms with Crippen LogP contribution in [0.2, 0.25) is 0 Å². The van der Waals surface area contributed by atoms with Crippen LogP contribution in [0.25, 0.3) is 11.1 Å². The summed E-state index contributed by atoms with van der Waals surface area (Å²) >= 11 is 0. The van der Waals surface area contributed by atoms with Gasteiger partial charge in [0, 0.05) is 6.54 Å². The van der Waals surface area contributed by atoms with Gasteiger partial charge in [-0.15, -0.1) is 0 Å². The number of benzene rings is 4. The fourth-order valence-electron chi connectivity index (χ4n) is 6.38. The number of methoxy groups -OCH3 is 2. The average molecular weight is 534 g/mol. The van der Waals surface area contributed by atoms with E-state index in [1.165, 1.54) is 14.2 Å². The smallest absolute Gasteiger partial charge is 0.324 e. The van der Waals surface area contributed by atoms with E-state index in [-0.39, 0.29) is 0 Å². The SMILES string of the molecule is CCC[C@@H](C(=O)OC)[C@@H](C(=O)OC)N(Cc1ccccc1)C1(c2ccccc2)c2ccccc2-c2ccccc21. The highest BCUT2D eigenvalue weighted by atomic mass is 16.5. The predicted molar refractivity (Wildman–Crippen MR) is 156 cm³/mol. The van der Waals surface area contributed by atoms with Crippen molar-refractivity contribution in [1.29, 1.82) is 0 Å². The van der Waals surface area contributed by atoms with Crippen LogP contribution in [0, 0.1) is 5.92 Å². The number of rotatable bonds is 10. The molecule has 4 aromatic carbocycles. The van der Waals surface area contributed by atoms with E-state index in [4.69, 9.17) is 9.47 Å². The molecule has 1 aliphatic rings. The molecule has 5 rings (SSSR count). The molecular formula is C35H35NO4. The molecule has 0 aliphatic heterocycles. The predicted octanol–water partition coefficient (Wildman–Crippen LogP) is 6.59. The van der Waals surface area contributed by atoms with Crippen molar-refractivity contribution < 1.29 is 19.1 Å². The monoisotopic (exact) mass is 533 g/mol. The van der Waals surface area contributed by atoms with Gasteiger partial charge in [0.1, 0.15) is 6.04 Å². The molecule has 0 saturated carbocycles. The first kappa shape index (κ1) is 27.4. The van der Waals surface area contributed by atoms with E-state index in [2.05, 4.69) is 53.4 Å². The molecule has 204 valence electrons. The van der Waals surface area contributed by atoms with Crippen LogP contribution in [-0.4, -0.2) is 37.1 Å². The third-order valence-corrected chi connectivity index (χ3v) is 8.01. The maximum Gasteiger partial charge on any atom is 0.324 e. The Hall–Kier alpha value is -4.22. The first-order valence-electron chi connectivity index (χ1n) is 13.8. The molecule has 0 radical (unpaired) electrons. The van der Waals surface area contributed by atoms with Gasteiger partial charge in [-0.3, -0.25) is 14.5 Å². The number of esters is 2. The lowest BCUT2D eigenvalue weighted by molar-refractivity contribution is -0.162. The van der Waals surface area contributed by atoms with E-state index < -0.39 is 29.4 Å². The first-order valence-corrected chi connectivity index (χ1v) is 13.8. The van der Waals surface area contributed by atoms with E-state index in [1.807, 2.05) is 67.6 Å². The number of hydrogen-bond donors (Lipinski definition) is 0. The average Bonchev–Trinajstić information content (AvgIpc) is 3.31. The topological polar surface area (TPSA) is 55.8 Å². The molecule has 4 aromatic rings. The van der Waals surface area contributed by atoms with Gasteiger partial charge in [-0.1, -0.05) is 123 Å². The lowest BCUT2D eigenvalue weighted by Crippen LogP contribution is -2.58. The maximum absolute atomic E-state index is 14.0. The number of ether oxygens (including phenoxy) is 2. The van der Waals surface area contributed by atoms with Crippen LogP contribution >= 0.6 is 0 Å². The summed E-state index contributed by atoms with van der Waals surface area (Å²) in [5.41, 5.74) is 5.48. The van der Waals surface area contributed by atoms with Gasteiger partial charge in [0.25, 0.3) is 0 Å². The largest absolute Gasteiger partial charge is 0.469 e. The van der Waals surface area contributed by atoms with Crippen molar-refractivity contribution in [3.63, 3.8) is 0 Å². The molecule has 1 aliphatic carbocycles. The second-order valence-electron chi connectivity index (χ2n) is 10.2. The summed E-state index contributed by atoms with van der Waals surface area (Å²) in [7, 11) is 2.77. The van der Waals surface area contributed by atoms with E-state index >= 15 is 0 Å². The molecule has 0 N–H and O–H groups in total. The maximum atomic E-state index is 14.0. The molecule has 0 heterocycles. The van der Waals surface area contributed by atoms with Gasteiger partial charge in [-0.2, -0.15) is 0 Å². The Labute approximate surface area is 236 Å². The Bertz CT molecular complexity index is 1420. The second kappa shape index (κ2) is 11.9. The number of nitrogens with zero attached hydrogens (tertiary/aromatic N) is 1. The van der Waals surface area contributed by atoms with Gasteiger partial charge >= 0.3 is 11.9 Å². The Kier molecular flexibility index (Phi) is 8.13. The summed E-state index contributed by atoms with van der Waals surface area (Å²) in [5, 5.41) is 0. The van der Waals surface area contributed by atoms with Crippen LogP contribution in [0.5, 0.6) is 0 Å². The van der Waals surface area contributed by atoms with E-state index in [0.717, 1.165) is 33.4 Å². The first-order chi connectivity index (χ1) is 19.6. The standard InChI is InChI=1S/C35H35NO4/c1-4-15-29(33(37)39-2)32(34(38)40-3)36(24-25-16-7-5-8-17-25)35(26-18-9-6-10-19-26)30-22-13-11-20-27(30)28-21-12-14-23-31(28)35/h5-14,16-23,29,32H,4,15,24H2,1-3H3/t29-,32+/m1/s1. The van der Waals surface area contributed by atoms with Gasteiger partial charge < -0.3 is 9.47 Å². The Balaban J connectivity index is 1.90. The molecule has 0 bridgehead atoms. The third kappa shape index (κ3) is 4.61. The highest BCUT2D eigenvalue weighted by molar-refractivity contribution is 5.87. The zero-order valence-electron chi connectivity index (χ0n) is 23.2. The summed E-state index contributed by atoms with van der Waals surface area (Å²) in [4.78, 5) is 29.6. The zero-order valence-corrected chi connectivity index (χ0v) is 23.2. The molecule has 0 unspecified atom stereocenters. The van der Waals surface area contributed by atoms with Crippen molar-refractivity contribution in [2.45, 2.75) is 37.9 Å². The molecule has 0 aromatic heterocycles. The van der Waals surface area contributed by atoms with Crippen molar-refractivity contribution in [3.05, 3.63) is 131 Å². The minimum Gasteiger partial charge on any atom is -0.469 e. The number of carbonyl (C=O) groups excluding carboxylic acids is 2. The highest BCUT2D eigenvalue weighted by Crippen LogP contribution is 2.55. The molecule has 5 nitrogen and oxygen atoms in total. The van der Waals surface area contributed by atoms with E-state index in [1.54, 1.807) is 0 Å². The fourth-order valence-corrected chi connectivity index (χ4v) is 6.38. The Morgan fingerprint density at radius 1 is 0.700 bits per heavy atom. The lowest BCUT2D eigenvalue weighted by atomic mass is 9.76. The van der Waals surface area contributed by atoms with Crippen molar-refractivity contribution in [2.75, 3.05) is 14.2 Å². The van der Waals surface area contributed by atoms with Crippen LogP contribution in [0.4, 0.5) is 0 Å². The Morgan fingerprint density at radius 2 is 1.20 bits per heavy atom. The Morgan fingerprint density at radius 3 is 1.73 bits per heavy atom. The normalized spacial score (nSPS) is 14.6. The minimum absolute atomic E-state index is 0.398. The van der Waals surface area contributed by atoms with E-state index in [9.17, 15) is 9.59 Å². The minimum atomic E-state index is -0.919. The van der Waals surface area contributed by atoms with Gasteiger partial charge in [0.15, 0.2) is 0 Å². The van der Waals surface area contributed by atoms with Crippen molar-refractivity contribution in [2.24, 2.45) is 5.92 Å². The van der Waals surface area contributed by atoms with Crippen LogP contribution < -0.4 is 0 Å². The highest BCUT2D eigenvalue weighted by Gasteiger charge is 2.54. The van der Waals surface area contributed by atoms with Gasteiger partial charge in [0.2, 0.25) is 0 Å². The molecule has 2 atom stereocenters. The molecule has 0 spiro atoms. The molecule has 0 amide bonds. The lowest BCUT2D eigenvalue weighted by Gasteiger charge is -2.48. The zero-order chi connectivity index (χ0) is 28.1. The van der Waals surface area contributed by atoms with Gasteiger partial charge in [0.05, 0.1) is 25.7 Å².